The van der Waals surface area contributed by atoms with Crippen LogP contribution in [0.3, 0.4) is 0 Å². The van der Waals surface area contributed by atoms with Crippen LogP contribution in [0.5, 0.6) is 0 Å². The van der Waals surface area contributed by atoms with E-state index in [0.717, 1.165) is 11.1 Å². The summed E-state index contributed by atoms with van der Waals surface area (Å²) in [6.45, 7) is 4.10. The van der Waals surface area contributed by atoms with Crippen LogP contribution in [0, 0.1) is 19.7 Å². The third kappa shape index (κ3) is 3.43. The molecule has 1 heterocycles. The predicted molar refractivity (Wildman–Crippen MR) is 103 cm³/mol. The Kier molecular flexibility index (Phi) is 5.61. The van der Waals surface area contributed by atoms with Gasteiger partial charge in [-0.1, -0.05) is 30.3 Å². The molecule has 1 amide bonds. The van der Waals surface area contributed by atoms with Gasteiger partial charge in [0.15, 0.2) is 0 Å². The lowest BCUT2D eigenvalue weighted by atomic mass is 9.94. The number of carbonyl (C=O) groups excluding carboxylic acids is 2. The van der Waals surface area contributed by atoms with Gasteiger partial charge >= 0.3 is 0 Å². The van der Waals surface area contributed by atoms with E-state index < -0.39 is 23.5 Å². The molecule has 1 saturated heterocycles. The van der Waals surface area contributed by atoms with Crippen molar-refractivity contribution in [2.75, 3.05) is 20.3 Å². The number of carbonyl (C=O) groups is 2. The van der Waals surface area contributed by atoms with Gasteiger partial charge in [-0.2, -0.15) is 0 Å². The first-order valence-corrected chi connectivity index (χ1v) is 8.96. The van der Waals surface area contributed by atoms with Crippen LogP contribution in [0.1, 0.15) is 28.3 Å². The van der Waals surface area contributed by atoms with Crippen LogP contribution in [-0.4, -0.2) is 42.0 Å². The Balaban J connectivity index is 2.20. The van der Waals surface area contributed by atoms with Gasteiger partial charge in [0.1, 0.15) is 11.6 Å². The Morgan fingerprint density at radius 1 is 1.14 bits per heavy atom. The fourth-order valence-corrected chi connectivity index (χ4v) is 3.36. The smallest absolute Gasteiger partial charge is 0.295 e. The number of hydrogen-bond donors (Lipinski definition) is 1. The summed E-state index contributed by atoms with van der Waals surface area (Å²) < 4.78 is 19.6. The number of halogens is 1. The van der Waals surface area contributed by atoms with Crippen LogP contribution in [0.25, 0.3) is 5.76 Å². The van der Waals surface area contributed by atoms with Gasteiger partial charge in [-0.05, 0) is 37.1 Å². The lowest BCUT2D eigenvalue weighted by Crippen LogP contribution is -2.33. The second-order valence-electron chi connectivity index (χ2n) is 6.81. The molecule has 0 aliphatic carbocycles. The van der Waals surface area contributed by atoms with Crippen molar-refractivity contribution < 1.29 is 23.8 Å². The molecule has 1 aliphatic rings. The molecule has 0 saturated carbocycles. The number of ether oxygens (including phenoxy) is 1. The number of methoxy groups -OCH3 is 1. The molecule has 1 fully saturated rings. The maximum absolute atomic E-state index is 14.6. The van der Waals surface area contributed by atoms with Crippen molar-refractivity contribution in [2.45, 2.75) is 19.9 Å². The molecule has 1 atom stereocenters. The lowest BCUT2D eigenvalue weighted by molar-refractivity contribution is -0.140. The molecule has 28 heavy (non-hydrogen) atoms. The number of rotatable bonds is 5. The topological polar surface area (TPSA) is 66.8 Å². The summed E-state index contributed by atoms with van der Waals surface area (Å²) in [4.78, 5) is 26.6. The zero-order valence-electron chi connectivity index (χ0n) is 16.0. The molecule has 2 aromatic rings. The maximum Gasteiger partial charge on any atom is 0.295 e. The van der Waals surface area contributed by atoms with E-state index in [9.17, 15) is 19.1 Å². The lowest BCUT2D eigenvalue weighted by Gasteiger charge is -2.25. The number of aliphatic hydroxyl groups is 1. The molecule has 0 spiro atoms. The maximum atomic E-state index is 14.6. The molecule has 1 aliphatic heterocycles. The zero-order valence-corrected chi connectivity index (χ0v) is 16.0. The second kappa shape index (κ2) is 7.94. The molecule has 1 N–H and O–H groups in total. The number of ketones is 1. The molecule has 6 heteroatoms. The van der Waals surface area contributed by atoms with Gasteiger partial charge in [0.2, 0.25) is 0 Å². The van der Waals surface area contributed by atoms with Crippen molar-refractivity contribution in [2.24, 2.45) is 0 Å². The van der Waals surface area contributed by atoms with Crippen molar-refractivity contribution >= 4 is 17.4 Å². The molecular formula is C22H22FNO4. The van der Waals surface area contributed by atoms with E-state index in [2.05, 4.69) is 0 Å². The highest BCUT2D eigenvalue weighted by Crippen LogP contribution is 2.40. The largest absolute Gasteiger partial charge is 0.507 e. The van der Waals surface area contributed by atoms with Crippen molar-refractivity contribution in [3.8, 4) is 0 Å². The molecule has 0 aromatic heterocycles. The molecule has 1 unspecified atom stereocenters. The minimum atomic E-state index is -1.02. The highest BCUT2D eigenvalue weighted by Gasteiger charge is 2.46. The van der Waals surface area contributed by atoms with Crippen molar-refractivity contribution in [1.82, 2.24) is 4.90 Å². The van der Waals surface area contributed by atoms with Crippen molar-refractivity contribution in [1.29, 1.82) is 0 Å². The molecule has 3 rings (SSSR count). The molecule has 5 nitrogen and oxygen atoms in total. The van der Waals surface area contributed by atoms with E-state index >= 15 is 0 Å². The molecule has 146 valence electrons. The minimum Gasteiger partial charge on any atom is -0.507 e. The van der Waals surface area contributed by atoms with E-state index in [4.69, 9.17) is 4.74 Å². The predicted octanol–water partition coefficient (Wildman–Crippen LogP) is 3.51. The standard InChI is InChI=1S/C22H22FNO4/c1-13-8-9-15(12-14(13)2)20(25)18-19(16-6-4-5-7-17(16)23)24(10-11-28-3)22(27)21(18)26/h4-9,12,19,25H,10-11H2,1-3H3/b20-18+. The minimum absolute atomic E-state index is 0.101. The van der Waals surface area contributed by atoms with Crippen LogP contribution in [0.15, 0.2) is 48.0 Å². The summed E-state index contributed by atoms with van der Waals surface area (Å²) in [6.07, 6.45) is 0. The molecule has 2 aromatic carbocycles. The van der Waals surface area contributed by atoms with Gasteiger partial charge in [0.25, 0.3) is 11.7 Å². The van der Waals surface area contributed by atoms with Crippen LogP contribution in [0.2, 0.25) is 0 Å². The SMILES string of the molecule is COCCN1C(=O)C(=O)/C(=C(/O)c2ccc(C)c(C)c2)C1c1ccccc1F. The van der Waals surface area contributed by atoms with Gasteiger partial charge in [-0.3, -0.25) is 9.59 Å². The average molecular weight is 383 g/mol. The summed E-state index contributed by atoms with van der Waals surface area (Å²) in [6, 6.07) is 10.2. The fraction of sp³-hybridized carbons (Fsp3) is 0.273. The number of aryl methyl sites for hydroxylation is 2. The molecule has 0 radical (unpaired) electrons. The quantitative estimate of drug-likeness (QED) is 0.487. The highest BCUT2D eigenvalue weighted by atomic mass is 19.1. The van der Waals surface area contributed by atoms with Crippen LogP contribution in [-0.2, 0) is 14.3 Å². The first-order chi connectivity index (χ1) is 13.4. The number of hydrogen-bond acceptors (Lipinski definition) is 4. The summed E-state index contributed by atoms with van der Waals surface area (Å²) in [5.74, 6) is -2.48. The number of Topliss-reactive ketones (excluding diaryl/α,β-unsaturated/α-hetero) is 1. The summed E-state index contributed by atoms with van der Waals surface area (Å²) >= 11 is 0. The van der Waals surface area contributed by atoms with E-state index in [-0.39, 0.29) is 30.0 Å². The summed E-state index contributed by atoms with van der Waals surface area (Å²) in [5, 5.41) is 10.9. The zero-order chi connectivity index (χ0) is 20.4. The van der Waals surface area contributed by atoms with Crippen molar-refractivity contribution in [3.63, 3.8) is 0 Å². The second-order valence-corrected chi connectivity index (χ2v) is 6.81. The Morgan fingerprint density at radius 3 is 2.50 bits per heavy atom. The van der Waals surface area contributed by atoms with Gasteiger partial charge in [-0.25, -0.2) is 4.39 Å². The monoisotopic (exact) mass is 383 g/mol. The van der Waals surface area contributed by atoms with Crippen molar-refractivity contribution in [3.05, 3.63) is 76.1 Å². The third-order valence-electron chi connectivity index (χ3n) is 5.06. The van der Waals surface area contributed by atoms with E-state index in [1.807, 2.05) is 19.9 Å². The Hall–Kier alpha value is -2.99. The van der Waals surface area contributed by atoms with Gasteiger partial charge in [-0.15, -0.1) is 0 Å². The molecular weight excluding hydrogens is 361 g/mol. The fourth-order valence-electron chi connectivity index (χ4n) is 3.36. The molecule has 0 bridgehead atoms. The number of amides is 1. The third-order valence-corrected chi connectivity index (χ3v) is 5.06. The first-order valence-electron chi connectivity index (χ1n) is 8.96. The van der Waals surface area contributed by atoms with Crippen LogP contribution >= 0.6 is 0 Å². The van der Waals surface area contributed by atoms with Gasteiger partial charge < -0.3 is 14.7 Å². The summed E-state index contributed by atoms with van der Waals surface area (Å²) in [7, 11) is 1.48. The van der Waals surface area contributed by atoms with Crippen LogP contribution < -0.4 is 0 Å². The van der Waals surface area contributed by atoms with Gasteiger partial charge in [0, 0.05) is 24.8 Å². The highest BCUT2D eigenvalue weighted by molar-refractivity contribution is 6.46. The van der Waals surface area contributed by atoms with E-state index in [1.165, 1.54) is 30.2 Å². The average Bonchev–Trinajstić information content (AvgIpc) is 2.92. The van der Waals surface area contributed by atoms with E-state index in [1.54, 1.807) is 18.2 Å². The number of nitrogens with zero attached hydrogens (tertiary/aromatic N) is 1. The Labute approximate surface area is 163 Å². The normalized spacial score (nSPS) is 18.7. The number of benzene rings is 2. The first kappa shape index (κ1) is 19.8. The Bertz CT molecular complexity index is 967. The van der Waals surface area contributed by atoms with E-state index in [0.29, 0.717) is 5.56 Å². The number of likely N-dealkylation sites (tertiary alicyclic amines) is 1. The Morgan fingerprint density at radius 2 is 1.86 bits per heavy atom. The van der Waals surface area contributed by atoms with Crippen LogP contribution in [0.4, 0.5) is 4.39 Å². The van der Waals surface area contributed by atoms with Gasteiger partial charge in [0.05, 0.1) is 18.2 Å². The number of aliphatic hydroxyl groups excluding tert-OH is 1. The summed E-state index contributed by atoms with van der Waals surface area (Å²) in [5.41, 5.74) is 2.41.